The smallest absolute Gasteiger partial charge is 0.133 e. The van der Waals surface area contributed by atoms with Crippen LogP contribution in [0.1, 0.15) is 37.3 Å². The molecule has 0 spiro atoms. The number of ketones is 1. The number of hydrogen-bond acceptors (Lipinski definition) is 1. The standard InChI is InChI=1S/C13H15FO/c1-9-3-4-10(7-12(9)14)13(2)6-5-11(15)8-13/h3-4,7H,5-6,8H2,1-2H3. The fourth-order valence-electron chi connectivity index (χ4n) is 2.24. The van der Waals surface area contributed by atoms with E-state index in [9.17, 15) is 9.18 Å². The highest BCUT2D eigenvalue weighted by atomic mass is 19.1. The predicted molar refractivity (Wildman–Crippen MR) is 57.3 cm³/mol. The van der Waals surface area contributed by atoms with Crippen LogP contribution in [0.15, 0.2) is 18.2 Å². The Hall–Kier alpha value is -1.18. The number of rotatable bonds is 1. The monoisotopic (exact) mass is 206 g/mol. The maximum atomic E-state index is 13.4. The molecule has 2 rings (SSSR count). The van der Waals surface area contributed by atoms with Gasteiger partial charge in [-0.2, -0.15) is 0 Å². The first-order valence-corrected chi connectivity index (χ1v) is 5.30. The van der Waals surface area contributed by atoms with Gasteiger partial charge in [0.2, 0.25) is 0 Å². The van der Waals surface area contributed by atoms with E-state index in [2.05, 4.69) is 0 Å². The molecule has 2 heteroatoms. The minimum Gasteiger partial charge on any atom is -0.300 e. The van der Waals surface area contributed by atoms with Crippen molar-refractivity contribution in [2.24, 2.45) is 0 Å². The average molecular weight is 206 g/mol. The van der Waals surface area contributed by atoms with Gasteiger partial charge in [-0.25, -0.2) is 4.39 Å². The molecule has 1 saturated carbocycles. The highest BCUT2D eigenvalue weighted by molar-refractivity contribution is 5.82. The van der Waals surface area contributed by atoms with Crippen molar-refractivity contribution in [1.29, 1.82) is 0 Å². The summed E-state index contributed by atoms with van der Waals surface area (Å²) < 4.78 is 13.4. The van der Waals surface area contributed by atoms with Crippen molar-refractivity contribution in [3.63, 3.8) is 0 Å². The number of hydrogen-bond donors (Lipinski definition) is 0. The van der Waals surface area contributed by atoms with E-state index in [1.807, 2.05) is 13.0 Å². The first kappa shape index (κ1) is 10.3. The van der Waals surface area contributed by atoms with Crippen molar-refractivity contribution in [2.75, 3.05) is 0 Å². The second kappa shape index (κ2) is 3.44. The van der Waals surface area contributed by atoms with Crippen LogP contribution in [-0.2, 0) is 10.2 Å². The molecule has 0 amide bonds. The third-order valence-corrected chi connectivity index (χ3v) is 3.41. The number of benzene rings is 1. The van der Waals surface area contributed by atoms with Gasteiger partial charge < -0.3 is 0 Å². The van der Waals surface area contributed by atoms with Crippen LogP contribution in [0.3, 0.4) is 0 Å². The fraction of sp³-hybridized carbons (Fsp3) is 0.462. The maximum absolute atomic E-state index is 13.4. The Morgan fingerprint density at radius 3 is 2.67 bits per heavy atom. The molecule has 1 unspecified atom stereocenters. The summed E-state index contributed by atoms with van der Waals surface area (Å²) in [6, 6.07) is 5.31. The second-order valence-corrected chi connectivity index (χ2v) is 4.74. The van der Waals surface area contributed by atoms with E-state index < -0.39 is 0 Å². The number of halogens is 1. The minimum absolute atomic E-state index is 0.147. The molecule has 1 aliphatic carbocycles. The lowest BCUT2D eigenvalue weighted by atomic mass is 9.81. The number of aryl methyl sites for hydroxylation is 1. The van der Waals surface area contributed by atoms with Crippen molar-refractivity contribution in [3.05, 3.63) is 35.1 Å². The van der Waals surface area contributed by atoms with E-state index in [4.69, 9.17) is 0 Å². The van der Waals surface area contributed by atoms with Crippen LogP contribution in [0.5, 0.6) is 0 Å². The zero-order chi connectivity index (χ0) is 11.1. The van der Waals surface area contributed by atoms with Crippen molar-refractivity contribution < 1.29 is 9.18 Å². The van der Waals surface area contributed by atoms with Gasteiger partial charge in [0.15, 0.2) is 0 Å². The predicted octanol–water partition coefficient (Wildman–Crippen LogP) is 3.14. The minimum atomic E-state index is -0.173. The van der Waals surface area contributed by atoms with Crippen LogP contribution in [0.4, 0.5) is 4.39 Å². The summed E-state index contributed by atoms with van der Waals surface area (Å²) in [5.41, 5.74) is 1.47. The summed E-state index contributed by atoms with van der Waals surface area (Å²) in [6.07, 6.45) is 2.02. The number of Topliss-reactive ketones (excluding diaryl/α,β-unsaturated/α-hetero) is 1. The van der Waals surface area contributed by atoms with E-state index in [1.54, 1.807) is 19.1 Å². The fourth-order valence-corrected chi connectivity index (χ4v) is 2.24. The van der Waals surface area contributed by atoms with Gasteiger partial charge in [-0.1, -0.05) is 19.1 Å². The summed E-state index contributed by atoms with van der Waals surface area (Å²) in [7, 11) is 0. The largest absolute Gasteiger partial charge is 0.300 e. The molecule has 1 aromatic carbocycles. The SMILES string of the molecule is Cc1ccc(C2(C)CCC(=O)C2)cc1F. The topological polar surface area (TPSA) is 17.1 Å². The zero-order valence-electron chi connectivity index (χ0n) is 9.14. The van der Waals surface area contributed by atoms with Crippen molar-refractivity contribution in [3.8, 4) is 0 Å². The lowest BCUT2D eigenvalue weighted by Gasteiger charge is -2.23. The van der Waals surface area contributed by atoms with Crippen LogP contribution in [0.25, 0.3) is 0 Å². The average Bonchev–Trinajstić information content (AvgIpc) is 2.52. The summed E-state index contributed by atoms with van der Waals surface area (Å²) in [5.74, 6) is 0.117. The van der Waals surface area contributed by atoms with Gasteiger partial charge in [-0.3, -0.25) is 4.79 Å². The van der Waals surface area contributed by atoms with Gasteiger partial charge in [0.05, 0.1) is 0 Å². The Kier molecular flexibility index (Phi) is 2.37. The van der Waals surface area contributed by atoms with Gasteiger partial charge in [-0.15, -0.1) is 0 Å². The normalized spacial score (nSPS) is 25.9. The van der Waals surface area contributed by atoms with Gasteiger partial charge >= 0.3 is 0 Å². The summed E-state index contributed by atoms with van der Waals surface area (Å²) in [4.78, 5) is 11.3. The van der Waals surface area contributed by atoms with E-state index in [0.29, 0.717) is 24.2 Å². The van der Waals surface area contributed by atoms with Crippen LogP contribution >= 0.6 is 0 Å². The van der Waals surface area contributed by atoms with Gasteiger partial charge in [0.25, 0.3) is 0 Å². The van der Waals surface area contributed by atoms with Crippen LogP contribution in [0.2, 0.25) is 0 Å². The maximum Gasteiger partial charge on any atom is 0.133 e. The molecule has 0 heterocycles. The van der Waals surface area contributed by atoms with Gasteiger partial charge in [0, 0.05) is 12.8 Å². The van der Waals surface area contributed by atoms with Crippen LogP contribution < -0.4 is 0 Å². The zero-order valence-corrected chi connectivity index (χ0v) is 9.14. The lowest BCUT2D eigenvalue weighted by Crippen LogP contribution is -2.18. The van der Waals surface area contributed by atoms with Crippen molar-refractivity contribution in [2.45, 2.75) is 38.5 Å². The Bertz CT molecular complexity index is 411. The van der Waals surface area contributed by atoms with Gasteiger partial charge in [0.1, 0.15) is 11.6 Å². The highest BCUT2D eigenvalue weighted by Gasteiger charge is 2.35. The first-order valence-electron chi connectivity index (χ1n) is 5.30. The van der Waals surface area contributed by atoms with Crippen molar-refractivity contribution >= 4 is 5.78 Å². The molecule has 0 bridgehead atoms. The Morgan fingerprint density at radius 1 is 1.40 bits per heavy atom. The van der Waals surface area contributed by atoms with Crippen molar-refractivity contribution in [1.82, 2.24) is 0 Å². The van der Waals surface area contributed by atoms with E-state index in [1.165, 1.54) is 0 Å². The molecule has 80 valence electrons. The summed E-state index contributed by atoms with van der Waals surface area (Å²) in [6.45, 7) is 3.79. The summed E-state index contributed by atoms with van der Waals surface area (Å²) in [5, 5.41) is 0. The first-order chi connectivity index (χ1) is 7.01. The Morgan fingerprint density at radius 2 is 2.13 bits per heavy atom. The second-order valence-electron chi connectivity index (χ2n) is 4.74. The molecular weight excluding hydrogens is 191 g/mol. The Balaban J connectivity index is 2.37. The number of carbonyl (C=O) groups excluding carboxylic acids is 1. The molecule has 0 aromatic heterocycles. The molecule has 0 saturated heterocycles. The highest BCUT2D eigenvalue weighted by Crippen LogP contribution is 2.39. The third kappa shape index (κ3) is 1.81. The third-order valence-electron chi connectivity index (χ3n) is 3.41. The summed E-state index contributed by atoms with van der Waals surface area (Å²) >= 11 is 0. The van der Waals surface area contributed by atoms with Crippen LogP contribution in [0, 0.1) is 12.7 Å². The Labute approximate surface area is 89.3 Å². The molecule has 0 aliphatic heterocycles. The quantitative estimate of drug-likeness (QED) is 0.689. The van der Waals surface area contributed by atoms with Crippen LogP contribution in [-0.4, -0.2) is 5.78 Å². The molecule has 0 radical (unpaired) electrons. The molecule has 1 aromatic rings. The molecule has 0 N–H and O–H groups in total. The molecular formula is C13H15FO. The molecule has 1 aliphatic rings. The molecule has 15 heavy (non-hydrogen) atoms. The van der Waals surface area contributed by atoms with E-state index >= 15 is 0 Å². The van der Waals surface area contributed by atoms with E-state index in [0.717, 1.165) is 12.0 Å². The van der Waals surface area contributed by atoms with E-state index in [-0.39, 0.29) is 11.2 Å². The lowest BCUT2D eigenvalue weighted by molar-refractivity contribution is -0.117. The molecule has 1 fully saturated rings. The van der Waals surface area contributed by atoms with Gasteiger partial charge in [-0.05, 0) is 36.0 Å². The molecule has 1 nitrogen and oxygen atoms in total. The number of carbonyl (C=O) groups is 1. The molecule has 1 atom stereocenters.